The number of methoxy groups -OCH3 is 2. The Labute approximate surface area is 225 Å². The molecule has 0 radical (unpaired) electrons. The van der Waals surface area contributed by atoms with Crippen molar-refractivity contribution in [2.24, 2.45) is 16.9 Å². The van der Waals surface area contributed by atoms with Gasteiger partial charge in [-0.2, -0.15) is 13.5 Å². The molecule has 10 heteroatoms. The third-order valence-corrected chi connectivity index (χ3v) is 8.87. The molecule has 0 spiro atoms. The van der Waals surface area contributed by atoms with Gasteiger partial charge in [0.15, 0.2) is 11.5 Å². The number of esters is 1. The lowest BCUT2D eigenvalue weighted by atomic mass is 9.74. The van der Waals surface area contributed by atoms with Crippen molar-refractivity contribution in [2.45, 2.75) is 51.0 Å². The van der Waals surface area contributed by atoms with E-state index in [1.807, 2.05) is 13.8 Å². The van der Waals surface area contributed by atoms with Gasteiger partial charge in [0, 0.05) is 37.7 Å². The van der Waals surface area contributed by atoms with Crippen LogP contribution in [0.4, 0.5) is 0 Å². The first-order valence-corrected chi connectivity index (χ1v) is 14.4. The van der Waals surface area contributed by atoms with Crippen LogP contribution in [0.5, 0.6) is 11.5 Å². The SMILES string of the molecule is COc1cc2c(cc1OC)[C@@H]1C[C@H](CCOC(C)=O)[C@@H](/C(C)=N\NS(=O)(=O)c3ccc(C)cc3)CN1CC2. The minimum Gasteiger partial charge on any atom is -0.493 e. The zero-order valence-electron chi connectivity index (χ0n) is 22.7. The number of sulfonamides is 1. The zero-order valence-corrected chi connectivity index (χ0v) is 23.5. The second kappa shape index (κ2) is 11.7. The summed E-state index contributed by atoms with van der Waals surface area (Å²) >= 11 is 0. The molecule has 3 atom stereocenters. The predicted octanol–water partition coefficient (Wildman–Crippen LogP) is 3.86. The van der Waals surface area contributed by atoms with Gasteiger partial charge in [-0.3, -0.25) is 9.69 Å². The molecule has 9 nitrogen and oxygen atoms in total. The normalized spacial score (nSPS) is 21.7. The largest absolute Gasteiger partial charge is 0.493 e. The summed E-state index contributed by atoms with van der Waals surface area (Å²) in [6.07, 6.45) is 2.37. The lowest BCUT2D eigenvalue weighted by Crippen LogP contribution is -2.48. The maximum absolute atomic E-state index is 12.8. The highest BCUT2D eigenvalue weighted by Crippen LogP contribution is 2.45. The molecule has 2 aromatic rings. The van der Waals surface area contributed by atoms with Crippen LogP contribution in [0.1, 0.15) is 49.4 Å². The van der Waals surface area contributed by atoms with Gasteiger partial charge in [0.1, 0.15) is 0 Å². The Kier molecular flexibility index (Phi) is 8.62. The second-order valence-corrected chi connectivity index (χ2v) is 11.7. The Balaban J connectivity index is 1.58. The van der Waals surface area contributed by atoms with Crippen LogP contribution in [0.3, 0.4) is 0 Å². The van der Waals surface area contributed by atoms with Gasteiger partial charge in [0.2, 0.25) is 0 Å². The minimum absolute atomic E-state index is 0.00391. The number of fused-ring (bicyclic) bond motifs is 3. The molecule has 0 amide bonds. The van der Waals surface area contributed by atoms with Crippen LogP contribution in [-0.4, -0.2) is 58.9 Å². The summed E-state index contributed by atoms with van der Waals surface area (Å²) in [5.41, 5.74) is 4.16. The van der Waals surface area contributed by atoms with Crippen LogP contribution in [-0.2, 0) is 26.0 Å². The highest BCUT2D eigenvalue weighted by molar-refractivity contribution is 7.89. The van der Waals surface area contributed by atoms with Gasteiger partial charge in [-0.15, -0.1) is 0 Å². The molecule has 2 aliphatic heterocycles. The van der Waals surface area contributed by atoms with Gasteiger partial charge in [-0.1, -0.05) is 17.7 Å². The average molecular weight is 544 g/mol. The van der Waals surface area contributed by atoms with E-state index in [1.54, 1.807) is 38.5 Å². The number of ether oxygens (including phenoxy) is 3. The first kappa shape index (κ1) is 27.9. The number of nitrogens with one attached hydrogen (secondary N) is 1. The van der Waals surface area contributed by atoms with Crippen molar-refractivity contribution in [3.63, 3.8) is 0 Å². The first-order chi connectivity index (χ1) is 18.1. The van der Waals surface area contributed by atoms with Crippen LogP contribution in [0.2, 0.25) is 0 Å². The Bertz CT molecular complexity index is 1290. The third-order valence-electron chi connectivity index (χ3n) is 7.64. The topological polar surface area (TPSA) is 107 Å². The number of aryl methyl sites for hydroxylation is 1. The smallest absolute Gasteiger partial charge is 0.302 e. The molecule has 0 aliphatic carbocycles. The van der Waals surface area contributed by atoms with Crippen LogP contribution < -0.4 is 14.3 Å². The molecule has 0 aromatic heterocycles. The standard InChI is InChI=1S/C28H37N3O6S/c1-18-6-8-23(9-7-18)38(33,34)30-29-19(2)25-17-31-12-10-21-15-27(35-4)28(36-5)16-24(21)26(31)14-22(25)11-13-37-20(3)32/h6-9,15-16,22,25-26,30H,10-14,17H2,1-5H3/b29-19-/t22-,25+,26-/m0/s1. The quantitative estimate of drug-likeness (QED) is 0.291. The fourth-order valence-corrected chi connectivity index (χ4v) is 6.42. The van der Waals surface area contributed by atoms with Gasteiger partial charge in [0.05, 0.1) is 25.7 Å². The molecule has 1 fully saturated rings. The average Bonchev–Trinajstić information content (AvgIpc) is 2.90. The molecule has 1 N–H and O–H groups in total. The van der Waals surface area contributed by atoms with Gasteiger partial charge in [-0.25, -0.2) is 4.83 Å². The van der Waals surface area contributed by atoms with E-state index >= 15 is 0 Å². The van der Waals surface area contributed by atoms with E-state index in [-0.39, 0.29) is 28.7 Å². The fourth-order valence-electron chi connectivity index (χ4n) is 5.56. The predicted molar refractivity (Wildman–Crippen MR) is 145 cm³/mol. The van der Waals surface area contributed by atoms with Crippen LogP contribution in [0.25, 0.3) is 0 Å². The van der Waals surface area contributed by atoms with E-state index < -0.39 is 10.0 Å². The van der Waals surface area contributed by atoms with E-state index in [4.69, 9.17) is 14.2 Å². The molecule has 2 aliphatic rings. The second-order valence-electron chi connectivity index (χ2n) is 10.1. The first-order valence-electron chi connectivity index (χ1n) is 12.9. The van der Waals surface area contributed by atoms with Crippen molar-refractivity contribution in [1.82, 2.24) is 9.73 Å². The molecule has 4 rings (SSSR count). The number of benzene rings is 2. The molecule has 38 heavy (non-hydrogen) atoms. The molecule has 206 valence electrons. The van der Waals surface area contributed by atoms with Gasteiger partial charge >= 0.3 is 5.97 Å². The van der Waals surface area contributed by atoms with E-state index in [2.05, 4.69) is 27.0 Å². The molecule has 1 saturated heterocycles. The van der Waals surface area contributed by atoms with Crippen molar-refractivity contribution >= 4 is 21.7 Å². The van der Waals surface area contributed by atoms with Crippen LogP contribution in [0.15, 0.2) is 46.4 Å². The van der Waals surface area contributed by atoms with E-state index in [9.17, 15) is 13.2 Å². The Hall–Kier alpha value is -3.11. The molecular formula is C28H37N3O6S. The van der Waals surface area contributed by atoms with E-state index in [0.29, 0.717) is 24.5 Å². The number of carbonyl (C=O) groups excluding carboxylic acids is 1. The molecule has 2 heterocycles. The summed E-state index contributed by atoms with van der Waals surface area (Å²) in [6, 6.07) is 11.0. The summed E-state index contributed by atoms with van der Waals surface area (Å²) in [5.74, 6) is 1.26. The molecular weight excluding hydrogens is 506 g/mol. The maximum atomic E-state index is 12.8. The fraction of sp³-hybridized carbons (Fsp3) is 0.500. The van der Waals surface area contributed by atoms with Gasteiger partial charge in [-0.05, 0) is 74.4 Å². The number of rotatable bonds is 9. The molecule has 2 aromatic carbocycles. The number of nitrogens with zero attached hydrogens (tertiary/aromatic N) is 2. The van der Waals surface area contributed by atoms with Crippen LogP contribution in [0, 0.1) is 18.8 Å². The Morgan fingerprint density at radius 1 is 1.11 bits per heavy atom. The summed E-state index contributed by atoms with van der Waals surface area (Å²) in [7, 11) is -0.497. The van der Waals surface area contributed by atoms with Crippen molar-refractivity contribution in [3.8, 4) is 11.5 Å². The summed E-state index contributed by atoms with van der Waals surface area (Å²) in [6.45, 7) is 7.10. The number of hydrazone groups is 1. The number of carbonyl (C=O) groups is 1. The highest BCUT2D eigenvalue weighted by Gasteiger charge is 2.40. The number of hydrogen-bond acceptors (Lipinski definition) is 8. The van der Waals surface area contributed by atoms with Crippen molar-refractivity contribution in [1.29, 1.82) is 0 Å². The lowest BCUT2D eigenvalue weighted by Gasteiger charge is -2.47. The Morgan fingerprint density at radius 3 is 2.45 bits per heavy atom. The molecule has 0 saturated carbocycles. The molecule has 0 unspecified atom stereocenters. The zero-order chi connectivity index (χ0) is 27.4. The third kappa shape index (κ3) is 6.13. The van der Waals surface area contributed by atoms with Gasteiger partial charge in [0.25, 0.3) is 10.0 Å². The van der Waals surface area contributed by atoms with Crippen LogP contribution >= 0.6 is 0 Å². The summed E-state index contributed by atoms with van der Waals surface area (Å²) < 4.78 is 42.0. The van der Waals surface area contributed by atoms with E-state index in [1.165, 1.54) is 18.1 Å². The van der Waals surface area contributed by atoms with Crippen molar-refractivity contribution < 1.29 is 27.4 Å². The maximum Gasteiger partial charge on any atom is 0.302 e. The molecule has 0 bridgehead atoms. The number of piperidine rings is 1. The lowest BCUT2D eigenvalue weighted by molar-refractivity contribution is -0.141. The van der Waals surface area contributed by atoms with Crippen molar-refractivity contribution in [2.75, 3.05) is 33.9 Å². The number of hydrogen-bond donors (Lipinski definition) is 1. The Morgan fingerprint density at radius 2 is 1.79 bits per heavy atom. The van der Waals surface area contributed by atoms with E-state index in [0.717, 1.165) is 37.2 Å². The van der Waals surface area contributed by atoms with Gasteiger partial charge < -0.3 is 14.2 Å². The monoisotopic (exact) mass is 543 g/mol. The highest BCUT2D eigenvalue weighted by atomic mass is 32.2. The van der Waals surface area contributed by atoms with Crippen molar-refractivity contribution in [3.05, 3.63) is 53.1 Å². The summed E-state index contributed by atoms with van der Waals surface area (Å²) in [5, 5.41) is 4.35. The summed E-state index contributed by atoms with van der Waals surface area (Å²) in [4.78, 5) is 16.5. The minimum atomic E-state index is -3.78.